The van der Waals surface area contributed by atoms with Crippen LogP contribution in [0.1, 0.15) is 4.88 Å². The summed E-state index contributed by atoms with van der Waals surface area (Å²) in [7, 11) is 1.67. The molecular formula is C14H16BrNO2S. The first kappa shape index (κ1) is 14.4. The molecule has 0 aliphatic heterocycles. The number of rotatable bonds is 7. The SMILES string of the molecule is COCCOc1cccc(NCc2ccc(Br)s2)c1. The second-order valence-electron chi connectivity index (χ2n) is 3.93. The number of methoxy groups -OCH3 is 1. The van der Waals surface area contributed by atoms with Gasteiger partial charge in [-0.25, -0.2) is 0 Å². The predicted octanol–water partition coefficient (Wildman–Crippen LogP) is 4.15. The average Bonchev–Trinajstić information content (AvgIpc) is 2.83. The van der Waals surface area contributed by atoms with E-state index in [1.54, 1.807) is 18.4 Å². The molecule has 2 aromatic rings. The van der Waals surface area contributed by atoms with E-state index in [9.17, 15) is 0 Å². The Morgan fingerprint density at radius 2 is 2.11 bits per heavy atom. The molecule has 0 fully saturated rings. The lowest BCUT2D eigenvalue weighted by Gasteiger charge is -2.09. The minimum absolute atomic E-state index is 0.567. The van der Waals surface area contributed by atoms with Crippen molar-refractivity contribution in [1.82, 2.24) is 0 Å². The molecule has 0 aliphatic carbocycles. The molecule has 19 heavy (non-hydrogen) atoms. The number of halogens is 1. The van der Waals surface area contributed by atoms with Crippen molar-refractivity contribution in [3.8, 4) is 5.75 Å². The van der Waals surface area contributed by atoms with E-state index in [1.165, 1.54) is 4.88 Å². The van der Waals surface area contributed by atoms with Crippen molar-refractivity contribution >= 4 is 33.0 Å². The Morgan fingerprint density at radius 1 is 1.21 bits per heavy atom. The summed E-state index contributed by atoms with van der Waals surface area (Å²) in [6, 6.07) is 12.1. The van der Waals surface area contributed by atoms with Gasteiger partial charge in [-0.05, 0) is 40.2 Å². The highest BCUT2D eigenvalue weighted by molar-refractivity contribution is 9.11. The molecule has 0 bridgehead atoms. The van der Waals surface area contributed by atoms with Crippen LogP contribution in [0.25, 0.3) is 0 Å². The van der Waals surface area contributed by atoms with Gasteiger partial charge in [0.15, 0.2) is 0 Å². The number of benzene rings is 1. The molecular weight excluding hydrogens is 326 g/mol. The molecule has 1 aromatic carbocycles. The summed E-state index contributed by atoms with van der Waals surface area (Å²) in [5.74, 6) is 0.856. The first-order valence-corrected chi connectivity index (χ1v) is 7.59. The van der Waals surface area contributed by atoms with Crippen molar-refractivity contribution in [2.24, 2.45) is 0 Å². The number of hydrogen-bond acceptors (Lipinski definition) is 4. The van der Waals surface area contributed by atoms with Crippen LogP contribution in [-0.2, 0) is 11.3 Å². The molecule has 0 atom stereocenters. The van der Waals surface area contributed by atoms with Crippen molar-refractivity contribution < 1.29 is 9.47 Å². The zero-order valence-electron chi connectivity index (χ0n) is 10.7. The Hall–Kier alpha value is -1.04. The zero-order chi connectivity index (χ0) is 13.5. The van der Waals surface area contributed by atoms with Gasteiger partial charge in [0.1, 0.15) is 12.4 Å². The summed E-state index contributed by atoms with van der Waals surface area (Å²) < 4.78 is 11.7. The second kappa shape index (κ2) is 7.53. The summed E-state index contributed by atoms with van der Waals surface area (Å²) >= 11 is 5.20. The monoisotopic (exact) mass is 341 g/mol. The van der Waals surface area contributed by atoms with E-state index in [-0.39, 0.29) is 0 Å². The Morgan fingerprint density at radius 3 is 2.84 bits per heavy atom. The quantitative estimate of drug-likeness (QED) is 0.767. The van der Waals surface area contributed by atoms with E-state index < -0.39 is 0 Å². The molecule has 5 heteroatoms. The van der Waals surface area contributed by atoms with Crippen molar-refractivity contribution in [3.05, 3.63) is 45.1 Å². The van der Waals surface area contributed by atoms with Crippen LogP contribution in [0.5, 0.6) is 5.75 Å². The highest BCUT2D eigenvalue weighted by Gasteiger charge is 1.99. The van der Waals surface area contributed by atoms with Crippen molar-refractivity contribution in [2.75, 3.05) is 25.6 Å². The van der Waals surface area contributed by atoms with Gasteiger partial charge in [0, 0.05) is 30.3 Å². The van der Waals surface area contributed by atoms with Gasteiger partial charge < -0.3 is 14.8 Å². The predicted molar refractivity (Wildman–Crippen MR) is 83.2 cm³/mol. The minimum atomic E-state index is 0.567. The second-order valence-corrected chi connectivity index (χ2v) is 6.48. The Bertz CT molecular complexity index is 516. The van der Waals surface area contributed by atoms with Crippen LogP contribution >= 0.6 is 27.3 Å². The largest absolute Gasteiger partial charge is 0.491 e. The summed E-state index contributed by atoms with van der Waals surface area (Å²) in [6.07, 6.45) is 0. The summed E-state index contributed by atoms with van der Waals surface area (Å²) in [5.41, 5.74) is 1.06. The van der Waals surface area contributed by atoms with Crippen LogP contribution in [0.2, 0.25) is 0 Å². The number of anilines is 1. The van der Waals surface area contributed by atoms with Crippen LogP contribution in [0.4, 0.5) is 5.69 Å². The Kier molecular flexibility index (Phi) is 5.69. The smallest absolute Gasteiger partial charge is 0.121 e. The van der Waals surface area contributed by atoms with Gasteiger partial charge in [0.05, 0.1) is 10.4 Å². The molecule has 1 N–H and O–H groups in total. The molecule has 0 spiro atoms. The summed E-state index contributed by atoms with van der Waals surface area (Å²) in [4.78, 5) is 1.29. The van der Waals surface area contributed by atoms with Gasteiger partial charge in [-0.2, -0.15) is 0 Å². The van der Waals surface area contributed by atoms with Crippen LogP contribution in [0.3, 0.4) is 0 Å². The van der Waals surface area contributed by atoms with Crippen LogP contribution in [0, 0.1) is 0 Å². The average molecular weight is 342 g/mol. The number of hydrogen-bond donors (Lipinski definition) is 1. The van der Waals surface area contributed by atoms with Crippen molar-refractivity contribution in [1.29, 1.82) is 0 Å². The lowest BCUT2D eigenvalue weighted by Crippen LogP contribution is -2.04. The molecule has 0 radical (unpaired) electrons. The molecule has 1 heterocycles. The fraction of sp³-hybridized carbons (Fsp3) is 0.286. The first-order valence-electron chi connectivity index (χ1n) is 5.98. The highest BCUT2D eigenvalue weighted by Crippen LogP contribution is 2.23. The van der Waals surface area contributed by atoms with E-state index >= 15 is 0 Å². The van der Waals surface area contributed by atoms with Crippen LogP contribution in [0.15, 0.2) is 40.2 Å². The number of nitrogens with one attached hydrogen (secondary N) is 1. The number of ether oxygens (including phenoxy) is 2. The maximum absolute atomic E-state index is 5.57. The topological polar surface area (TPSA) is 30.5 Å². The standard InChI is InChI=1S/C14H16BrNO2S/c1-17-7-8-18-12-4-2-3-11(9-12)16-10-13-5-6-14(15)19-13/h2-6,9,16H,7-8,10H2,1H3. The fourth-order valence-electron chi connectivity index (χ4n) is 1.57. The van der Waals surface area contributed by atoms with E-state index in [2.05, 4.69) is 33.4 Å². The maximum Gasteiger partial charge on any atom is 0.121 e. The van der Waals surface area contributed by atoms with E-state index in [0.717, 1.165) is 21.8 Å². The normalized spacial score (nSPS) is 10.4. The molecule has 0 amide bonds. The first-order chi connectivity index (χ1) is 9.28. The highest BCUT2D eigenvalue weighted by atomic mass is 79.9. The zero-order valence-corrected chi connectivity index (χ0v) is 13.1. The summed E-state index contributed by atoms with van der Waals surface area (Å²) in [5, 5.41) is 3.38. The van der Waals surface area contributed by atoms with E-state index in [1.807, 2.05) is 24.3 Å². The lowest BCUT2D eigenvalue weighted by atomic mass is 10.3. The third kappa shape index (κ3) is 4.86. The molecule has 0 unspecified atom stereocenters. The molecule has 2 rings (SSSR count). The molecule has 1 aromatic heterocycles. The van der Waals surface area contributed by atoms with Crippen molar-refractivity contribution in [2.45, 2.75) is 6.54 Å². The van der Waals surface area contributed by atoms with Gasteiger partial charge in [-0.1, -0.05) is 6.07 Å². The third-order valence-electron chi connectivity index (χ3n) is 2.49. The fourth-order valence-corrected chi connectivity index (χ4v) is 3.00. The van der Waals surface area contributed by atoms with Gasteiger partial charge >= 0.3 is 0 Å². The van der Waals surface area contributed by atoms with Gasteiger partial charge in [-0.15, -0.1) is 11.3 Å². The minimum Gasteiger partial charge on any atom is -0.491 e. The lowest BCUT2D eigenvalue weighted by molar-refractivity contribution is 0.146. The third-order valence-corrected chi connectivity index (χ3v) is 4.11. The van der Waals surface area contributed by atoms with E-state index in [0.29, 0.717) is 13.2 Å². The Balaban J connectivity index is 1.87. The van der Waals surface area contributed by atoms with Gasteiger partial charge in [-0.3, -0.25) is 0 Å². The summed E-state index contributed by atoms with van der Waals surface area (Å²) in [6.45, 7) is 1.98. The van der Waals surface area contributed by atoms with Crippen LogP contribution in [-0.4, -0.2) is 20.3 Å². The van der Waals surface area contributed by atoms with Gasteiger partial charge in [0.25, 0.3) is 0 Å². The molecule has 0 saturated carbocycles. The van der Waals surface area contributed by atoms with Crippen molar-refractivity contribution in [3.63, 3.8) is 0 Å². The molecule has 0 saturated heterocycles. The molecule has 0 aliphatic rings. The number of thiophene rings is 1. The maximum atomic E-state index is 5.57. The van der Waals surface area contributed by atoms with Gasteiger partial charge in [0.2, 0.25) is 0 Å². The van der Waals surface area contributed by atoms with Crippen LogP contribution < -0.4 is 10.1 Å². The molecule has 102 valence electrons. The van der Waals surface area contributed by atoms with E-state index in [4.69, 9.17) is 9.47 Å². The molecule has 3 nitrogen and oxygen atoms in total. The Labute approximate surface area is 125 Å².